The molecule has 1 aromatic heterocycles. The van der Waals surface area contributed by atoms with Crippen LogP contribution in [0.15, 0.2) is 148 Å². The minimum atomic E-state index is -3.74. The number of sulfonamides is 1. The molecule has 0 aliphatic heterocycles. The first-order valence-corrected chi connectivity index (χ1v) is 17.8. The Morgan fingerprint density at radius 1 is 0.745 bits per heavy atom. The summed E-state index contributed by atoms with van der Waals surface area (Å²) in [4.78, 5) is 16.7. The zero-order valence-corrected chi connectivity index (χ0v) is 27.3. The molecular formula is C38H35N3O4S2. The van der Waals surface area contributed by atoms with Crippen molar-refractivity contribution in [3.05, 3.63) is 156 Å². The fourth-order valence-corrected chi connectivity index (χ4v) is 6.75. The lowest BCUT2D eigenvalue weighted by atomic mass is 10.1. The summed E-state index contributed by atoms with van der Waals surface area (Å²) >= 11 is 1.80. The monoisotopic (exact) mass is 661 g/mol. The summed E-state index contributed by atoms with van der Waals surface area (Å²) in [7, 11) is -3.74. The highest BCUT2D eigenvalue weighted by Crippen LogP contribution is 2.28. The second-order valence-corrected chi connectivity index (χ2v) is 14.0. The van der Waals surface area contributed by atoms with E-state index in [0.29, 0.717) is 25.2 Å². The normalized spacial score (nSPS) is 11.6. The van der Waals surface area contributed by atoms with Crippen LogP contribution in [0.3, 0.4) is 0 Å². The molecule has 7 nitrogen and oxygen atoms in total. The summed E-state index contributed by atoms with van der Waals surface area (Å²) in [5, 5.41) is 9.20. The molecule has 0 saturated heterocycles. The number of nitrogens with one attached hydrogen (secondary N) is 1. The fourth-order valence-electron chi connectivity index (χ4n) is 5.30. The second-order valence-electron chi connectivity index (χ2n) is 11.3. The van der Waals surface area contributed by atoms with E-state index in [1.807, 2.05) is 91.0 Å². The third kappa shape index (κ3) is 8.78. The van der Waals surface area contributed by atoms with Crippen LogP contribution < -0.4 is 10.5 Å². The van der Waals surface area contributed by atoms with Gasteiger partial charge in [-0.15, -0.1) is 11.8 Å². The van der Waals surface area contributed by atoms with Gasteiger partial charge in [0.2, 0.25) is 10.0 Å². The van der Waals surface area contributed by atoms with Crippen LogP contribution in [0, 0.1) is 0 Å². The molecule has 1 amide bonds. The molecule has 238 valence electrons. The summed E-state index contributed by atoms with van der Waals surface area (Å²) in [5.74, 6) is 1.53. The number of hydrogen-bond donors (Lipinski definition) is 2. The number of primary sulfonamides is 1. The van der Waals surface area contributed by atoms with E-state index < -0.39 is 10.0 Å². The Morgan fingerprint density at radius 2 is 1.36 bits per heavy atom. The van der Waals surface area contributed by atoms with E-state index in [1.54, 1.807) is 30.0 Å². The molecule has 1 heterocycles. The number of furan rings is 1. The van der Waals surface area contributed by atoms with Gasteiger partial charge in [0.1, 0.15) is 11.3 Å². The maximum Gasteiger partial charge on any atom is 0.251 e. The number of carbonyl (C=O) groups excluding carboxylic acids is 1. The van der Waals surface area contributed by atoms with E-state index in [-0.39, 0.29) is 10.8 Å². The van der Waals surface area contributed by atoms with Crippen molar-refractivity contribution >= 4 is 38.7 Å². The van der Waals surface area contributed by atoms with Gasteiger partial charge in [0, 0.05) is 53.3 Å². The van der Waals surface area contributed by atoms with Crippen molar-refractivity contribution in [3.63, 3.8) is 0 Å². The minimum absolute atomic E-state index is 0.106. The Bertz CT molecular complexity index is 2050. The first kappa shape index (κ1) is 32.3. The highest BCUT2D eigenvalue weighted by Gasteiger charge is 2.13. The first-order valence-electron chi connectivity index (χ1n) is 15.3. The van der Waals surface area contributed by atoms with E-state index in [9.17, 15) is 13.2 Å². The van der Waals surface area contributed by atoms with Crippen molar-refractivity contribution in [3.8, 4) is 11.3 Å². The number of rotatable bonds is 13. The van der Waals surface area contributed by atoms with Gasteiger partial charge in [-0.25, -0.2) is 13.6 Å². The summed E-state index contributed by atoms with van der Waals surface area (Å²) in [6.45, 7) is 2.62. The smallest absolute Gasteiger partial charge is 0.251 e. The fraction of sp³-hybridized carbons (Fsp3) is 0.132. The summed E-state index contributed by atoms with van der Waals surface area (Å²) in [6, 6.07) is 42.6. The number of hydrogen-bond acceptors (Lipinski definition) is 6. The van der Waals surface area contributed by atoms with Crippen molar-refractivity contribution in [2.24, 2.45) is 5.14 Å². The predicted octanol–water partition coefficient (Wildman–Crippen LogP) is 7.47. The average molecular weight is 662 g/mol. The van der Waals surface area contributed by atoms with Gasteiger partial charge in [-0.1, -0.05) is 84.9 Å². The molecule has 5 aromatic carbocycles. The van der Waals surface area contributed by atoms with Gasteiger partial charge in [-0.05, 0) is 65.2 Å². The maximum absolute atomic E-state index is 13.0. The van der Waals surface area contributed by atoms with Gasteiger partial charge < -0.3 is 9.73 Å². The third-order valence-electron chi connectivity index (χ3n) is 7.80. The number of carbonyl (C=O) groups is 1. The second kappa shape index (κ2) is 14.8. The van der Waals surface area contributed by atoms with E-state index in [4.69, 9.17) is 9.56 Å². The molecule has 47 heavy (non-hydrogen) atoms. The SMILES string of the molecule is NS(=O)(=O)c1ccc(CN(CCSc2ccccc2)Cc2ccc(CNC(=O)c3ccc4oc(-c5ccccc5)cc4c3)cc2)cc1. The number of nitrogens with two attached hydrogens (primary N) is 1. The van der Waals surface area contributed by atoms with E-state index >= 15 is 0 Å². The molecule has 6 aromatic rings. The molecule has 0 fully saturated rings. The van der Waals surface area contributed by atoms with E-state index in [2.05, 4.69) is 34.5 Å². The van der Waals surface area contributed by atoms with Crippen molar-refractivity contribution < 1.29 is 17.6 Å². The van der Waals surface area contributed by atoms with Gasteiger partial charge in [0.15, 0.2) is 0 Å². The highest BCUT2D eigenvalue weighted by atomic mass is 32.2. The van der Waals surface area contributed by atoms with Gasteiger partial charge in [-0.2, -0.15) is 0 Å². The highest BCUT2D eigenvalue weighted by molar-refractivity contribution is 7.99. The number of amides is 1. The molecule has 0 unspecified atom stereocenters. The predicted molar refractivity (Wildman–Crippen MR) is 188 cm³/mol. The molecule has 0 saturated carbocycles. The number of fused-ring (bicyclic) bond motifs is 1. The van der Waals surface area contributed by atoms with Crippen molar-refractivity contribution in [1.82, 2.24) is 10.2 Å². The van der Waals surface area contributed by atoms with Gasteiger partial charge in [-0.3, -0.25) is 9.69 Å². The molecule has 0 spiro atoms. The van der Waals surface area contributed by atoms with Crippen molar-refractivity contribution in [1.29, 1.82) is 0 Å². The Labute approximate surface area is 279 Å². The van der Waals surface area contributed by atoms with Crippen LogP contribution in [0.1, 0.15) is 27.0 Å². The van der Waals surface area contributed by atoms with E-state index in [0.717, 1.165) is 51.3 Å². The quantitative estimate of drug-likeness (QED) is 0.124. The molecule has 3 N–H and O–H groups in total. The maximum atomic E-state index is 13.0. The molecule has 0 atom stereocenters. The molecule has 0 aliphatic rings. The van der Waals surface area contributed by atoms with Crippen LogP contribution in [0.2, 0.25) is 0 Å². The van der Waals surface area contributed by atoms with Gasteiger partial charge in [0.25, 0.3) is 5.91 Å². The molecule has 6 rings (SSSR count). The summed E-state index contributed by atoms with van der Waals surface area (Å²) in [6.07, 6.45) is 0. The lowest BCUT2D eigenvalue weighted by Crippen LogP contribution is -2.25. The van der Waals surface area contributed by atoms with Crippen LogP contribution in [0.5, 0.6) is 0 Å². The lowest BCUT2D eigenvalue weighted by molar-refractivity contribution is 0.0951. The van der Waals surface area contributed by atoms with Crippen LogP contribution in [-0.2, 0) is 29.7 Å². The van der Waals surface area contributed by atoms with Crippen LogP contribution >= 0.6 is 11.8 Å². The zero-order chi connectivity index (χ0) is 32.6. The molecular weight excluding hydrogens is 627 g/mol. The van der Waals surface area contributed by atoms with Gasteiger partial charge in [0.05, 0.1) is 4.90 Å². The molecule has 0 aliphatic carbocycles. The first-order chi connectivity index (χ1) is 22.8. The largest absolute Gasteiger partial charge is 0.456 e. The summed E-state index contributed by atoms with van der Waals surface area (Å²) < 4.78 is 29.4. The van der Waals surface area contributed by atoms with Gasteiger partial charge >= 0.3 is 0 Å². The Balaban J connectivity index is 1.07. The van der Waals surface area contributed by atoms with Crippen LogP contribution in [0.4, 0.5) is 0 Å². The third-order valence-corrected chi connectivity index (χ3v) is 9.72. The van der Waals surface area contributed by atoms with Crippen molar-refractivity contribution in [2.45, 2.75) is 29.4 Å². The molecule has 9 heteroatoms. The topological polar surface area (TPSA) is 106 Å². The molecule has 0 bridgehead atoms. The Kier molecular flexibility index (Phi) is 10.2. The number of thioether (sulfide) groups is 1. The van der Waals surface area contributed by atoms with Crippen LogP contribution in [0.25, 0.3) is 22.3 Å². The standard InChI is InChI=1S/C38H35N3O4S2/c39-47(43,44)35-18-15-30(16-19-35)27-41(21-22-46-34-9-5-2-6-10-34)26-29-13-11-28(12-14-29)25-40-38(42)32-17-20-36-33(23-32)24-37(45-36)31-7-3-1-4-8-31/h1-20,23-24H,21-22,25-27H2,(H,40,42)(H2,39,43,44). The number of benzene rings is 5. The van der Waals surface area contributed by atoms with Crippen LogP contribution in [-0.4, -0.2) is 31.5 Å². The van der Waals surface area contributed by atoms with E-state index in [1.165, 1.54) is 4.90 Å². The summed E-state index contributed by atoms with van der Waals surface area (Å²) in [5.41, 5.74) is 5.46. The average Bonchev–Trinajstić information content (AvgIpc) is 3.52. The van der Waals surface area contributed by atoms with Crippen molar-refractivity contribution in [2.75, 3.05) is 12.3 Å². The Hall–Kier alpha value is -4.67. The zero-order valence-electron chi connectivity index (χ0n) is 25.7. The minimum Gasteiger partial charge on any atom is -0.456 e. The lowest BCUT2D eigenvalue weighted by Gasteiger charge is -2.23. The Morgan fingerprint density at radius 3 is 2.02 bits per heavy atom. The molecule has 0 radical (unpaired) electrons. The number of nitrogens with zero attached hydrogens (tertiary/aromatic N) is 1.